The fraction of sp³-hybridized carbons (Fsp3) is 0.429. The van der Waals surface area contributed by atoms with Crippen LogP contribution in [-0.2, 0) is 15.0 Å². The molecule has 0 unspecified atom stereocenters. The summed E-state index contributed by atoms with van der Waals surface area (Å²) in [5.74, 6) is 0.503. The fourth-order valence-corrected chi connectivity index (χ4v) is 2.29. The van der Waals surface area contributed by atoms with Crippen molar-refractivity contribution >= 4 is 11.8 Å². The van der Waals surface area contributed by atoms with Crippen molar-refractivity contribution in [2.24, 2.45) is 0 Å². The summed E-state index contributed by atoms with van der Waals surface area (Å²) in [7, 11) is 1.53. The van der Waals surface area contributed by atoms with Crippen LogP contribution >= 0.6 is 0 Å². The van der Waals surface area contributed by atoms with Gasteiger partial charge < -0.3 is 4.74 Å². The minimum atomic E-state index is -0.740. The SMILES string of the molecule is CCOc1ccc([C@@]2(C)CC(=O)N(C)C2=O)cc1. The summed E-state index contributed by atoms with van der Waals surface area (Å²) in [4.78, 5) is 25.0. The van der Waals surface area contributed by atoms with Crippen molar-refractivity contribution in [1.82, 2.24) is 4.90 Å². The van der Waals surface area contributed by atoms with E-state index in [-0.39, 0.29) is 18.2 Å². The predicted molar refractivity (Wildman–Crippen MR) is 67.4 cm³/mol. The van der Waals surface area contributed by atoms with E-state index in [4.69, 9.17) is 4.74 Å². The third-order valence-corrected chi connectivity index (χ3v) is 3.46. The molecule has 4 nitrogen and oxygen atoms in total. The van der Waals surface area contributed by atoms with E-state index in [9.17, 15) is 9.59 Å². The van der Waals surface area contributed by atoms with E-state index in [0.717, 1.165) is 11.3 Å². The van der Waals surface area contributed by atoms with Gasteiger partial charge in [0.15, 0.2) is 0 Å². The summed E-state index contributed by atoms with van der Waals surface area (Å²) in [6, 6.07) is 7.38. The Morgan fingerprint density at radius 2 is 1.89 bits per heavy atom. The van der Waals surface area contributed by atoms with Crippen molar-refractivity contribution in [2.75, 3.05) is 13.7 Å². The van der Waals surface area contributed by atoms with Crippen LogP contribution in [0.4, 0.5) is 0 Å². The first-order valence-corrected chi connectivity index (χ1v) is 6.03. The average Bonchev–Trinajstić information content (AvgIpc) is 2.56. The van der Waals surface area contributed by atoms with E-state index in [0.29, 0.717) is 6.61 Å². The second-order valence-corrected chi connectivity index (χ2v) is 4.72. The van der Waals surface area contributed by atoms with Gasteiger partial charge in [0.25, 0.3) is 0 Å². The van der Waals surface area contributed by atoms with Gasteiger partial charge >= 0.3 is 0 Å². The molecule has 1 aliphatic heterocycles. The van der Waals surface area contributed by atoms with E-state index < -0.39 is 5.41 Å². The van der Waals surface area contributed by atoms with Gasteiger partial charge in [-0.05, 0) is 31.5 Å². The number of hydrogen-bond acceptors (Lipinski definition) is 3. The lowest BCUT2D eigenvalue weighted by atomic mass is 9.81. The maximum absolute atomic E-state index is 12.1. The van der Waals surface area contributed by atoms with E-state index in [1.54, 1.807) is 0 Å². The van der Waals surface area contributed by atoms with E-state index >= 15 is 0 Å². The van der Waals surface area contributed by atoms with Gasteiger partial charge in [-0.3, -0.25) is 14.5 Å². The number of amides is 2. The normalized spacial score (nSPS) is 23.6. The molecule has 2 amide bonds. The number of rotatable bonds is 3. The van der Waals surface area contributed by atoms with Gasteiger partial charge in [0.05, 0.1) is 12.0 Å². The van der Waals surface area contributed by atoms with Crippen LogP contribution in [0.2, 0.25) is 0 Å². The predicted octanol–water partition coefficient (Wildman–Crippen LogP) is 1.73. The number of hydrogen-bond donors (Lipinski definition) is 0. The Balaban J connectivity index is 2.31. The van der Waals surface area contributed by atoms with Gasteiger partial charge in [-0.1, -0.05) is 12.1 Å². The van der Waals surface area contributed by atoms with Crippen LogP contribution in [0.15, 0.2) is 24.3 Å². The number of imide groups is 1. The molecule has 4 heteroatoms. The lowest BCUT2D eigenvalue weighted by molar-refractivity contribution is -0.138. The third-order valence-electron chi connectivity index (χ3n) is 3.46. The first kappa shape index (κ1) is 12.6. The molecule has 1 atom stereocenters. The van der Waals surface area contributed by atoms with E-state index in [1.165, 1.54) is 11.9 Å². The number of ether oxygens (including phenoxy) is 1. The number of likely N-dealkylation sites (N-methyl/N-ethyl adjacent to an activating group) is 1. The Morgan fingerprint density at radius 1 is 1.28 bits per heavy atom. The number of nitrogens with zero attached hydrogens (tertiary/aromatic N) is 1. The zero-order valence-corrected chi connectivity index (χ0v) is 10.9. The minimum Gasteiger partial charge on any atom is -0.494 e. The maximum atomic E-state index is 12.1. The van der Waals surface area contributed by atoms with Crippen LogP contribution in [0, 0.1) is 0 Å². The van der Waals surface area contributed by atoms with Gasteiger partial charge in [0.2, 0.25) is 11.8 Å². The Hall–Kier alpha value is -1.84. The molecule has 0 aliphatic carbocycles. The fourth-order valence-electron chi connectivity index (χ4n) is 2.29. The molecule has 1 aromatic carbocycles. The van der Waals surface area contributed by atoms with Crippen molar-refractivity contribution in [3.8, 4) is 5.75 Å². The second kappa shape index (κ2) is 4.44. The standard InChI is InChI=1S/C14H17NO3/c1-4-18-11-7-5-10(6-8-11)14(2)9-12(16)15(3)13(14)17/h5-8H,4,9H2,1-3H3/t14-/m1/s1. The molecule has 18 heavy (non-hydrogen) atoms. The van der Waals surface area contributed by atoms with Crippen LogP contribution in [0.1, 0.15) is 25.8 Å². The van der Waals surface area contributed by atoms with Crippen LogP contribution in [0.25, 0.3) is 0 Å². The molecule has 1 heterocycles. The summed E-state index contributed by atoms with van der Waals surface area (Å²) >= 11 is 0. The number of likely N-dealkylation sites (tertiary alicyclic amines) is 1. The number of carbonyl (C=O) groups excluding carboxylic acids is 2. The summed E-state index contributed by atoms with van der Waals surface area (Å²) in [5, 5.41) is 0. The highest BCUT2D eigenvalue weighted by Gasteiger charge is 2.47. The average molecular weight is 247 g/mol. The monoisotopic (exact) mass is 247 g/mol. The topological polar surface area (TPSA) is 46.6 Å². The van der Waals surface area contributed by atoms with Crippen molar-refractivity contribution in [3.05, 3.63) is 29.8 Å². The van der Waals surface area contributed by atoms with Gasteiger partial charge in [0, 0.05) is 13.5 Å². The Kier molecular flexibility index (Phi) is 3.11. The molecule has 1 fully saturated rings. The summed E-state index contributed by atoms with van der Waals surface area (Å²) in [6.07, 6.45) is 0.232. The van der Waals surface area contributed by atoms with Crippen LogP contribution < -0.4 is 4.74 Å². The van der Waals surface area contributed by atoms with Crippen molar-refractivity contribution in [1.29, 1.82) is 0 Å². The summed E-state index contributed by atoms with van der Waals surface area (Å²) in [6.45, 7) is 4.34. The molecule has 0 bridgehead atoms. The van der Waals surface area contributed by atoms with Crippen LogP contribution in [0.5, 0.6) is 5.75 Å². The molecule has 1 aliphatic rings. The van der Waals surface area contributed by atoms with E-state index in [2.05, 4.69) is 0 Å². The van der Waals surface area contributed by atoms with Gasteiger partial charge in [-0.15, -0.1) is 0 Å². The Morgan fingerprint density at radius 3 is 2.33 bits per heavy atom. The molecule has 0 aromatic heterocycles. The third kappa shape index (κ3) is 1.88. The van der Waals surface area contributed by atoms with Gasteiger partial charge in [0.1, 0.15) is 5.75 Å². The first-order valence-electron chi connectivity index (χ1n) is 6.03. The maximum Gasteiger partial charge on any atom is 0.239 e. The molecule has 0 radical (unpaired) electrons. The highest BCUT2D eigenvalue weighted by atomic mass is 16.5. The number of benzene rings is 1. The van der Waals surface area contributed by atoms with Crippen molar-refractivity contribution < 1.29 is 14.3 Å². The molecule has 2 rings (SSSR count). The Labute approximate surface area is 107 Å². The summed E-state index contributed by atoms with van der Waals surface area (Å²) < 4.78 is 5.36. The molecular formula is C14H17NO3. The largest absolute Gasteiger partial charge is 0.494 e. The molecule has 0 N–H and O–H groups in total. The molecule has 1 aromatic rings. The van der Waals surface area contributed by atoms with Crippen molar-refractivity contribution in [3.63, 3.8) is 0 Å². The second-order valence-electron chi connectivity index (χ2n) is 4.72. The van der Waals surface area contributed by atoms with Gasteiger partial charge in [-0.25, -0.2) is 0 Å². The zero-order valence-electron chi connectivity index (χ0n) is 10.9. The molecular weight excluding hydrogens is 230 g/mol. The molecule has 1 saturated heterocycles. The first-order chi connectivity index (χ1) is 8.49. The molecule has 0 saturated carbocycles. The minimum absolute atomic E-state index is 0.128. The highest BCUT2D eigenvalue weighted by Crippen LogP contribution is 2.36. The van der Waals surface area contributed by atoms with Crippen LogP contribution in [0.3, 0.4) is 0 Å². The van der Waals surface area contributed by atoms with Gasteiger partial charge in [-0.2, -0.15) is 0 Å². The van der Waals surface area contributed by atoms with Crippen molar-refractivity contribution in [2.45, 2.75) is 25.7 Å². The van der Waals surface area contributed by atoms with E-state index in [1.807, 2.05) is 38.1 Å². The highest BCUT2D eigenvalue weighted by molar-refractivity contribution is 6.08. The lowest BCUT2D eigenvalue weighted by Gasteiger charge is -2.21. The Bertz CT molecular complexity index is 480. The quantitative estimate of drug-likeness (QED) is 0.764. The summed E-state index contributed by atoms with van der Waals surface area (Å²) in [5.41, 5.74) is 0.116. The number of carbonyl (C=O) groups is 2. The molecule has 0 spiro atoms. The zero-order chi connectivity index (χ0) is 13.3. The molecule has 96 valence electrons. The van der Waals surface area contributed by atoms with Crippen LogP contribution in [-0.4, -0.2) is 30.4 Å². The lowest BCUT2D eigenvalue weighted by Crippen LogP contribution is -2.34. The smallest absolute Gasteiger partial charge is 0.239 e.